The van der Waals surface area contributed by atoms with Gasteiger partial charge in [0.15, 0.2) is 0 Å². The molecule has 1 fully saturated rings. The molecule has 126 valence electrons. The molecule has 2 N–H and O–H groups in total. The fraction of sp³-hybridized carbons (Fsp3) is 0.526. The Morgan fingerprint density at radius 1 is 1.30 bits per heavy atom. The lowest BCUT2D eigenvalue weighted by Gasteiger charge is -2.36. The van der Waals surface area contributed by atoms with E-state index < -0.39 is 5.97 Å². The Morgan fingerprint density at radius 3 is 2.65 bits per heavy atom. The maximum atomic E-state index is 9.00. The Morgan fingerprint density at radius 2 is 2.00 bits per heavy atom. The third kappa shape index (κ3) is 5.39. The summed E-state index contributed by atoms with van der Waals surface area (Å²) in [6.07, 6.45) is 8.97. The van der Waals surface area contributed by atoms with Crippen molar-refractivity contribution in [1.29, 1.82) is 0 Å². The summed E-state index contributed by atoms with van der Waals surface area (Å²) in [7, 11) is 1.72. The van der Waals surface area contributed by atoms with Gasteiger partial charge in [-0.05, 0) is 62.3 Å². The van der Waals surface area contributed by atoms with Gasteiger partial charge in [0, 0.05) is 13.0 Å². The number of hydrogen-bond donors (Lipinski definition) is 2. The summed E-state index contributed by atoms with van der Waals surface area (Å²) in [6, 6.07) is 9.05. The Bertz CT molecular complexity index is 532. The van der Waals surface area contributed by atoms with Crippen molar-refractivity contribution in [2.75, 3.05) is 13.7 Å². The van der Waals surface area contributed by atoms with Crippen LogP contribution in [0.1, 0.15) is 38.2 Å². The van der Waals surface area contributed by atoms with Crippen molar-refractivity contribution in [1.82, 2.24) is 5.32 Å². The predicted octanol–water partition coefficient (Wildman–Crippen LogP) is 3.42. The average molecular weight is 317 g/mol. The van der Waals surface area contributed by atoms with Crippen LogP contribution in [0, 0.1) is 5.92 Å². The number of carboxylic acid groups (broad SMARTS) is 1. The maximum absolute atomic E-state index is 9.00. The van der Waals surface area contributed by atoms with E-state index in [-0.39, 0.29) is 0 Å². The molecular formula is C19H27NO3. The molecule has 0 aromatic heterocycles. The lowest BCUT2D eigenvalue weighted by atomic mass is 9.77. The Kier molecular flexibility index (Phi) is 6.66. The highest BCUT2D eigenvalue weighted by Crippen LogP contribution is 2.33. The molecule has 1 aliphatic carbocycles. The van der Waals surface area contributed by atoms with Gasteiger partial charge in [0.05, 0.1) is 7.11 Å². The average Bonchev–Trinajstić information content (AvgIpc) is 2.55. The van der Waals surface area contributed by atoms with Gasteiger partial charge in [0.2, 0.25) is 0 Å². The second-order valence-electron chi connectivity index (χ2n) is 6.20. The number of carbonyl (C=O) groups is 1. The molecule has 2 atom stereocenters. The molecule has 23 heavy (non-hydrogen) atoms. The summed E-state index contributed by atoms with van der Waals surface area (Å²) in [6.45, 7) is 2.25. The molecule has 0 unspecified atom stereocenters. The lowest BCUT2D eigenvalue weighted by molar-refractivity contribution is -0.134. The van der Waals surface area contributed by atoms with E-state index in [0.717, 1.165) is 25.0 Å². The van der Waals surface area contributed by atoms with Gasteiger partial charge in [-0.15, -0.1) is 0 Å². The van der Waals surface area contributed by atoms with E-state index in [2.05, 4.69) is 35.7 Å². The number of benzene rings is 1. The van der Waals surface area contributed by atoms with Crippen LogP contribution in [0.5, 0.6) is 5.75 Å². The predicted molar refractivity (Wildman–Crippen MR) is 91.8 cm³/mol. The fourth-order valence-electron chi connectivity index (χ4n) is 3.44. The second-order valence-corrected chi connectivity index (χ2v) is 6.20. The van der Waals surface area contributed by atoms with E-state index in [4.69, 9.17) is 14.6 Å². The summed E-state index contributed by atoms with van der Waals surface area (Å²) >= 11 is 0. The quantitative estimate of drug-likeness (QED) is 0.839. The van der Waals surface area contributed by atoms with E-state index in [0.29, 0.717) is 6.04 Å². The number of ether oxygens (including phenoxy) is 1. The van der Waals surface area contributed by atoms with Crippen molar-refractivity contribution >= 4 is 5.97 Å². The zero-order chi connectivity index (χ0) is 16.7. The standard InChI is InChI=1S/C17H23NO.C2H4O2/c1-19-15-8-6-13(7-9-15)12-17-16-5-3-2-4-14(16)10-11-18-17;1-2(3)4/h5-9,14,17-18H,2-4,10-12H2,1H3;1H3,(H,3,4)/t14-,17+;/m0./s1. The summed E-state index contributed by atoms with van der Waals surface area (Å²) < 4.78 is 5.22. The van der Waals surface area contributed by atoms with Crippen molar-refractivity contribution in [3.63, 3.8) is 0 Å². The smallest absolute Gasteiger partial charge is 0.300 e. The number of methoxy groups -OCH3 is 1. The van der Waals surface area contributed by atoms with Gasteiger partial charge in [-0.2, -0.15) is 0 Å². The minimum absolute atomic E-state index is 0.549. The molecule has 0 radical (unpaired) electrons. The number of nitrogens with one attached hydrogen (secondary N) is 1. The van der Waals surface area contributed by atoms with Crippen LogP contribution in [0.3, 0.4) is 0 Å². The molecule has 0 saturated carbocycles. The highest BCUT2D eigenvalue weighted by atomic mass is 16.5. The molecule has 1 saturated heterocycles. The van der Waals surface area contributed by atoms with Crippen molar-refractivity contribution in [2.24, 2.45) is 5.92 Å². The van der Waals surface area contributed by atoms with Crippen LogP contribution in [0.4, 0.5) is 0 Å². The van der Waals surface area contributed by atoms with E-state index in [1.807, 2.05) is 0 Å². The normalized spacial score (nSPS) is 23.0. The summed E-state index contributed by atoms with van der Waals surface area (Å²) in [5.41, 5.74) is 3.07. The van der Waals surface area contributed by atoms with Gasteiger partial charge in [-0.3, -0.25) is 4.79 Å². The molecule has 4 nitrogen and oxygen atoms in total. The summed E-state index contributed by atoms with van der Waals surface area (Å²) in [5, 5.41) is 11.1. The monoisotopic (exact) mass is 317 g/mol. The summed E-state index contributed by atoms with van der Waals surface area (Å²) in [5.74, 6) is 0.952. The molecule has 0 amide bonds. The lowest BCUT2D eigenvalue weighted by Crippen LogP contribution is -2.42. The number of rotatable bonds is 3. The van der Waals surface area contributed by atoms with Crippen LogP contribution >= 0.6 is 0 Å². The van der Waals surface area contributed by atoms with Crippen LogP contribution in [0.15, 0.2) is 35.9 Å². The van der Waals surface area contributed by atoms with Crippen LogP contribution in [0.2, 0.25) is 0 Å². The Hall–Kier alpha value is -1.81. The molecule has 4 heteroatoms. The van der Waals surface area contributed by atoms with E-state index in [1.165, 1.54) is 37.8 Å². The first kappa shape index (κ1) is 17.5. The highest BCUT2D eigenvalue weighted by Gasteiger charge is 2.28. The van der Waals surface area contributed by atoms with E-state index in [9.17, 15) is 0 Å². The van der Waals surface area contributed by atoms with Crippen LogP contribution in [-0.2, 0) is 11.2 Å². The van der Waals surface area contributed by atoms with Gasteiger partial charge < -0.3 is 15.2 Å². The SMILES string of the molecule is CC(=O)O.COc1ccc(C[C@H]2NCC[C@@H]3CCCC=C32)cc1. The molecule has 0 spiro atoms. The molecule has 0 bridgehead atoms. The zero-order valence-electron chi connectivity index (χ0n) is 14.0. The fourth-order valence-corrected chi connectivity index (χ4v) is 3.44. The van der Waals surface area contributed by atoms with Crippen molar-refractivity contribution < 1.29 is 14.6 Å². The van der Waals surface area contributed by atoms with Crippen molar-refractivity contribution in [2.45, 2.75) is 45.1 Å². The van der Waals surface area contributed by atoms with E-state index in [1.54, 1.807) is 12.7 Å². The second kappa shape index (κ2) is 8.73. The first-order valence-corrected chi connectivity index (χ1v) is 8.36. The minimum atomic E-state index is -0.833. The molecule has 1 aliphatic heterocycles. The number of aliphatic carboxylic acids is 1. The minimum Gasteiger partial charge on any atom is -0.497 e. The topological polar surface area (TPSA) is 58.6 Å². The van der Waals surface area contributed by atoms with Gasteiger partial charge in [-0.1, -0.05) is 23.8 Å². The first-order chi connectivity index (χ1) is 11.1. The first-order valence-electron chi connectivity index (χ1n) is 8.36. The Balaban J connectivity index is 0.000000433. The van der Waals surface area contributed by atoms with Crippen LogP contribution in [-0.4, -0.2) is 30.8 Å². The third-order valence-corrected chi connectivity index (χ3v) is 4.49. The molecule has 1 aromatic carbocycles. The van der Waals surface area contributed by atoms with Gasteiger partial charge in [-0.25, -0.2) is 0 Å². The number of hydrogen-bond acceptors (Lipinski definition) is 3. The van der Waals surface area contributed by atoms with Gasteiger partial charge in [0.1, 0.15) is 5.75 Å². The molecule has 1 aromatic rings. The van der Waals surface area contributed by atoms with Crippen LogP contribution < -0.4 is 10.1 Å². The third-order valence-electron chi connectivity index (χ3n) is 4.49. The Labute approximate surface area is 138 Å². The van der Waals surface area contributed by atoms with Gasteiger partial charge >= 0.3 is 0 Å². The number of allylic oxidation sites excluding steroid dienone is 1. The van der Waals surface area contributed by atoms with Crippen molar-refractivity contribution in [3.05, 3.63) is 41.5 Å². The number of piperidine rings is 1. The maximum Gasteiger partial charge on any atom is 0.300 e. The molecule has 3 rings (SSSR count). The number of fused-ring (bicyclic) bond motifs is 1. The molecule has 1 heterocycles. The molecule has 2 aliphatic rings. The van der Waals surface area contributed by atoms with E-state index >= 15 is 0 Å². The summed E-state index contributed by atoms with van der Waals surface area (Å²) in [4.78, 5) is 9.00. The zero-order valence-corrected chi connectivity index (χ0v) is 14.0. The molecular weight excluding hydrogens is 290 g/mol. The van der Waals surface area contributed by atoms with Crippen molar-refractivity contribution in [3.8, 4) is 5.75 Å². The largest absolute Gasteiger partial charge is 0.497 e. The highest BCUT2D eigenvalue weighted by molar-refractivity contribution is 5.62. The number of carboxylic acids is 1. The van der Waals surface area contributed by atoms with Gasteiger partial charge in [0.25, 0.3) is 5.97 Å². The van der Waals surface area contributed by atoms with Crippen LogP contribution in [0.25, 0.3) is 0 Å².